The zero-order chi connectivity index (χ0) is 12.6. The number of aryl methyl sites for hydroxylation is 1. The zero-order valence-electron chi connectivity index (χ0n) is 10.9. The van der Waals surface area contributed by atoms with E-state index in [-0.39, 0.29) is 5.92 Å². The Morgan fingerprint density at radius 1 is 1.18 bits per heavy atom. The molecule has 2 heteroatoms. The number of aliphatic hydroxyl groups excluding tert-OH is 1. The molecule has 1 N–H and O–H groups in total. The lowest BCUT2D eigenvalue weighted by atomic mass is 9.91. The van der Waals surface area contributed by atoms with Gasteiger partial charge in [-0.2, -0.15) is 0 Å². The second kappa shape index (κ2) is 4.53. The summed E-state index contributed by atoms with van der Waals surface area (Å²) in [6.45, 7) is 8.30. The highest BCUT2D eigenvalue weighted by Crippen LogP contribution is 2.32. The average Bonchev–Trinajstić information content (AvgIpc) is 2.72. The number of benzene rings is 1. The Hall–Kier alpha value is -1.28. The summed E-state index contributed by atoms with van der Waals surface area (Å²) in [6.07, 6.45) is -0.526. The number of fused-ring (bicyclic) bond motifs is 1. The molecule has 1 heterocycles. The zero-order valence-corrected chi connectivity index (χ0v) is 10.9. The topological polar surface area (TPSA) is 33.4 Å². The van der Waals surface area contributed by atoms with Gasteiger partial charge in [-0.25, -0.2) is 0 Å². The Labute approximate surface area is 102 Å². The molecule has 0 bridgehead atoms. The molecule has 17 heavy (non-hydrogen) atoms. The molecule has 0 fully saturated rings. The molecule has 2 nitrogen and oxygen atoms in total. The van der Waals surface area contributed by atoms with Gasteiger partial charge in [0.25, 0.3) is 0 Å². The van der Waals surface area contributed by atoms with Crippen molar-refractivity contribution in [1.29, 1.82) is 0 Å². The van der Waals surface area contributed by atoms with E-state index in [4.69, 9.17) is 4.42 Å². The Bertz CT molecular complexity index is 511. The first-order chi connectivity index (χ1) is 8.00. The van der Waals surface area contributed by atoms with Crippen LogP contribution in [0.15, 0.2) is 28.7 Å². The van der Waals surface area contributed by atoms with Crippen molar-refractivity contribution in [3.63, 3.8) is 0 Å². The summed E-state index contributed by atoms with van der Waals surface area (Å²) in [5.41, 5.74) is 2.00. The van der Waals surface area contributed by atoms with Crippen LogP contribution in [0.2, 0.25) is 0 Å². The van der Waals surface area contributed by atoms with Crippen LogP contribution in [-0.2, 0) is 0 Å². The molecule has 2 unspecified atom stereocenters. The third-order valence-corrected chi connectivity index (χ3v) is 3.60. The van der Waals surface area contributed by atoms with Crippen molar-refractivity contribution < 1.29 is 9.52 Å². The lowest BCUT2D eigenvalue weighted by Crippen LogP contribution is -2.14. The van der Waals surface area contributed by atoms with Crippen LogP contribution in [-0.4, -0.2) is 5.11 Å². The van der Waals surface area contributed by atoms with Crippen LogP contribution in [0.4, 0.5) is 0 Å². The Morgan fingerprint density at radius 3 is 2.47 bits per heavy atom. The summed E-state index contributed by atoms with van der Waals surface area (Å²) < 4.78 is 5.78. The average molecular weight is 232 g/mol. The van der Waals surface area contributed by atoms with Gasteiger partial charge in [0.1, 0.15) is 17.4 Å². The van der Waals surface area contributed by atoms with E-state index in [2.05, 4.69) is 20.8 Å². The minimum absolute atomic E-state index is 0.191. The SMILES string of the molecule is Cc1cccc2cc(C(O)C(C)C(C)C)oc12. The molecule has 0 aliphatic rings. The number of hydrogen-bond donors (Lipinski definition) is 1. The molecule has 2 rings (SSSR count). The number of furan rings is 1. The molecule has 2 aromatic rings. The maximum atomic E-state index is 10.3. The molecular formula is C15H20O2. The van der Waals surface area contributed by atoms with Crippen molar-refractivity contribution in [1.82, 2.24) is 0 Å². The lowest BCUT2D eigenvalue weighted by molar-refractivity contribution is 0.0731. The largest absolute Gasteiger partial charge is 0.458 e. The third-order valence-electron chi connectivity index (χ3n) is 3.60. The Kier molecular flexibility index (Phi) is 3.25. The van der Waals surface area contributed by atoms with E-state index in [1.165, 1.54) is 0 Å². The summed E-state index contributed by atoms with van der Waals surface area (Å²) in [5.74, 6) is 1.30. The fourth-order valence-corrected chi connectivity index (χ4v) is 2.00. The minimum atomic E-state index is -0.526. The van der Waals surface area contributed by atoms with Crippen molar-refractivity contribution in [3.8, 4) is 0 Å². The van der Waals surface area contributed by atoms with E-state index >= 15 is 0 Å². The molecule has 92 valence electrons. The summed E-state index contributed by atoms with van der Waals surface area (Å²) in [7, 11) is 0. The smallest absolute Gasteiger partial charge is 0.137 e. The van der Waals surface area contributed by atoms with Crippen molar-refractivity contribution in [3.05, 3.63) is 35.6 Å². The van der Waals surface area contributed by atoms with Crippen LogP contribution in [0, 0.1) is 18.8 Å². The highest BCUT2D eigenvalue weighted by molar-refractivity contribution is 5.80. The molecule has 0 radical (unpaired) electrons. The monoisotopic (exact) mass is 232 g/mol. The first-order valence-electron chi connectivity index (χ1n) is 6.18. The van der Waals surface area contributed by atoms with Crippen molar-refractivity contribution in [2.45, 2.75) is 33.8 Å². The maximum Gasteiger partial charge on any atom is 0.137 e. The first kappa shape index (κ1) is 12.2. The Balaban J connectivity index is 2.40. The number of rotatable bonds is 3. The molecule has 1 aromatic heterocycles. The molecule has 0 spiro atoms. The van der Waals surface area contributed by atoms with Gasteiger partial charge in [0, 0.05) is 5.39 Å². The summed E-state index contributed by atoms with van der Waals surface area (Å²) in [4.78, 5) is 0. The Morgan fingerprint density at radius 2 is 1.88 bits per heavy atom. The molecule has 0 saturated carbocycles. The van der Waals surface area contributed by atoms with Crippen LogP contribution in [0.3, 0.4) is 0 Å². The highest BCUT2D eigenvalue weighted by atomic mass is 16.4. The van der Waals surface area contributed by atoms with Gasteiger partial charge in [-0.3, -0.25) is 0 Å². The van der Waals surface area contributed by atoms with Crippen molar-refractivity contribution in [2.24, 2.45) is 11.8 Å². The van der Waals surface area contributed by atoms with Crippen molar-refractivity contribution in [2.75, 3.05) is 0 Å². The van der Waals surface area contributed by atoms with Crippen LogP contribution < -0.4 is 0 Å². The predicted octanol–water partition coefficient (Wildman–Crippen LogP) is 4.07. The normalized spacial score (nSPS) is 15.4. The van der Waals surface area contributed by atoms with Crippen molar-refractivity contribution >= 4 is 11.0 Å². The molecule has 1 aromatic carbocycles. The van der Waals surface area contributed by atoms with E-state index in [0.717, 1.165) is 16.5 Å². The van der Waals surface area contributed by atoms with Crippen LogP contribution in [0.25, 0.3) is 11.0 Å². The minimum Gasteiger partial charge on any atom is -0.458 e. The first-order valence-corrected chi connectivity index (χ1v) is 6.18. The maximum absolute atomic E-state index is 10.3. The molecular weight excluding hydrogens is 212 g/mol. The highest BCUT2D eigenvalue weighted by Gasteiger charge is 2.23. The van der Waals surface area contributed by atoms with E-state index < -0.39 is 6.10 Å². The number of hydrogen-bond acceptors (Lipinski definition) is 2. The standard InChI is InChI=1S/C15H20O2/c1-9(2)11(4)14(16)13-8-12-7-5-6-10(3)15(12)17-13/h5-9,11,14,16H,1-4H3. The van der Waals surface area contributed by atoms with Gasteiger partial charge in [0.15, 0.2) is 0 Å². The van der Waals surface area contributed by atoms with Crippen LogP contribution >= 0.6 is 0 Å². The van der Waals surface area contributed by atoms with Gasteiger partial charge in [0.2, 0.25) is 0 Å². The van der Waals surface area contributed by atoms with E-state index in [1.54, 1.807) is 0 Å². The van der Waals surface area contributed by atoms with Crippen LogP contribution in [0.5, 0.6) is 0 Å². The quantitative estimate of drug-likeness (QED) is 0.865. The fourth-order valence-electron chi connectivity index (χ4n) is 2.00. The molecule has 0 aliphatic carbocycles. The van der Waals surface area contributed by atoms with E-state index in [1.807, 2.05) is 31.2 Å². The summed E-state index contributed by atoms with van der Waals surface area (Å²) in [6, 6.07) is 8.00. The van der Waals surface area contributed by atoms with Gasteiger partial charge in [-0.05, 0) is 30.4 Å². The second-order valence-corrected chi connectivity index (χ2v) is 5.19. The fraction of sp³-hybridized carbons (Fsp3) is 0.467. The van der Waals surface area contributed by atoms with Gasteiger partial charge in [0.05, 0.1) is 0 Å². The van der Waals surface area contributed by atoms with Gasteiger partial charge >= 0.3 is 0 Å². The molecule has 0 amide bonds. The van der Waals surface area contributed by atoms with E-state index in [0.29, 0.717) is 11.7 Å². The van der Waals surface area contributed by atoms with Gasteiger partial charge in [-0.1, -0.05) is 39.0 Å². The van der Waals surface area contributed by atoms with Gasteiger partial charge in [-0.15, -0.1) is 0 Å². The number of para-hydroxylation sites is 1. The lowest BCUT2D eigenvalue weighted by Gasteiger charge is -2.20. The number of aliphatic hydroxyl groups is 1. The predicted molar refractivity (Wildman–Crippen MR) is 69.9 cm³/mol. The molecule has 0 aliphatic heterocycles. The summed E-state index contributed by atoms with van der Waals surface area (Å²) in [5, 5.41) is 11.3. The molecule has 2 atom stereocenters. The summed E-state index contributed by atoms with van der Waals surface area (Å²) >= 11 is 0. The van der Waals surface area contributed by atoms with Gasteiger partial charge < -0.3 is 9.52 Å². The van der Waals surface area contributed by atoms with Crippen LogP contribution in [0.1, 0.15) is 38.2 Å². The van der Waals surface area contributed by atoms with E-state index in [9.17, 15) is 5.11 Å². The molecule has 0 saturated heterocycles. The second-order valence-electron chi connectivity index (χ2n) is 5.19. The third kappa shape index (κ3) is 2.22.